The second-order valence-electron chi connectivity index (χ2n) is 3.76. The lowest BCUT2D eigenvalue weighted by atomic mass is 10.0. The fourth-order valence-corrected chi connectivity index (χ4v) is 0.922. The third kappa shape index (κ3) is 2.70. The van der Waals surface area contributed by atoms with Crippen molar-refractivity contribution < 1.29 is 0 Å². The molecule has 1 heterocycles. The number of rotatable bonds is 3. The first kappa shape index (κ1) is 10.5. The van der Waals surface area contributed by atoms with Crippen molar-refractivity contribution in [3.63, 3.8) is 0 Å². The van der Waals surface area contributed by atoms with Crippen LogP contribution < -0.4 is 5.32 Å². The molecule has 0 radical (unpaired) electrons. The molecule has 0 aliphatic carbocycles. The maximum atomic E-state index is 8.65. The lowest BCUT2D eigenvalue weighted by Gasteiger charge is -2.24. The quantitative estimate of drug-likeness (QED) is 0.791. The number of hydrogen-bond donors (Lipinski definition) is 1. The minimum atomic E-state index is -0.0128. The lowest BCUT2D eigenvalue weighted by molar-refractivity contribution is 0.544. The van der Waals surface area contributed by atoms with Gasteiger partial charge in [-0.05, 0) is 20.3 Å². The van der Waals surface area contributed by atoms with Gasteiger partial charge in [-0.2, -0.15) is 5.26 Å². The molecule has 0 saturated carbocycles. The van der Waals surface area contributed by atoms with Crippen LogP contribution in [-0.2, 0) is 0 Å². The summed E-state index contributed by atoms with van der Waals surface area (Å²) in [6, 6.07) is 3.63. The van der Waals surface area contributed by atoms with Crippen LogP contribution in [0.3, 0.4) is 0 Å². The molecule has 0 aliphatic heterocycles. The van der Waals surface area contributed by atoms with E-state index in [1.807, 2.05) is 6.07 Å². The van der Waals surface area contributed by atoms with Gasteiger partial charge in [0.25, 0.3) is 0 Å². The first-order valence-electron chi connectivity index (χ1n) is 4.58. The van der Waals surface area contributed by atoms with Crippen LogP contribution in [-0.4, -0.2) is 15.5 Å². The Labute approximate surface area is 84.0 Å². The van der Waals surface area contributed by atoms with Gasteiger partial charge in [0.15, 0.2) is 0 Å². The van der Waals surface area contributed by atoms with Crippen LogP contribution in [0.2, 0.25) is 0 Å². The van der Waals surface area contributed by atoms with Crippen LogP contribution in [0.15, 0.2) is 12.4 Å². The van der Waals surface area contributed by atoms with Crippen LogP contribution in [0.25, 0.3) is 0 Å². The third-order valence-electron chi connectivity index (χ3n) is 2.13. The van der Waals surface area contributed by atoms with E-state index in [1.165, 1.54) is 6.33 Å². The average molecular weight is 190 g/mol. The topological polar surface area (TPSA) is 61.6 Å². The van der Waals surface area contributed by atoms with Gasteiger partial charge in [-0.3, -0.25) is 0 Å². The maximum absolute atomic E-state index is 8.65. The Balaban J connectivity index is 2.83. The highest BCUT2D eigenvalue weighted by molar-refractivity contribution is 5.40. The van der Waals surface area contributed by atoms with E-state index in [0.29, 0.717) is 11.5 Å². The molecule has 0 unspecified atom stereocenters. The van der Waals surface area contributed by atoms with Gasteiger partial charge in [0.1, 0.15) is 23.9 Å². The van der Waals surface area contributed by atoms with Crippen molar-refractivity contribution in [2.75, 3.05) is 5.32 Å². The summed E-state index contributed by atoms with van der Waals surface area (Å²) in [5.74, 6) is 0.698. The predicted molar refractivity (Wildman–Crippen MR) is 54.7 cm³/mol. The molecule has 1 rings (SSSR count). The summed E-state index contributed by atoms with van der Waals surface area (Å²) >= 11 is 0. The second-order valence-corrected chi connectivity index (χ2v) is 3.76. The zero-order valence-electron chi connectivity index (χ0n) is 8.70. The molecule has 1 aromatic rings. The van der Waals surface area contributed by atoms with E-state index in [9.17, 15) is 0 Å². The van der Waals surface area contributed by atoms with Crippen molar-refractivity contribution in [1.29, 1.82) is 5.26 Å². The first-order valence-corrected chi connectivity index (χ1v) is 4.58. The summed E-state index contributed by atoms with van der Waals surface area (Å²) in [5, 5.41) is 11.9. The Morgan fingerprint density at radius 1 is 1.50 bits per heavy atom. The van der Waals surface area contributed by atoms with Gasteiger partial charge in [0.05, 0.1) is 0 Å². The molecule has 0 atom stereocenters. The van der Waals surface area contributed by atoms with E-state index in [2.05, 4.69) is 36.1 Å². The SMILES string of the molecule is CCC(C)(C)Nc1cc(C#N)ncn1. The maximum Gasteiger partial charge on any atom is 0.145 e. The largest absolute Gasteiger partial charge is 0.365 e. The van der Waals surface area contributed by atoms with Crippen LogP contribution >= 0.6 is 0 Å². The van der Waals surface area contributed by atoms with Gasteiger partial charge >= 0.3 is 0 Å². The molecule has 0 amide bonds. The smallest absolute Gasteiger partial charge is 0.145 e. The average Bonchev–Trinajstić information content (AvgIpc) is 2.17. The number of anilines is 1. The summed E-state index contributed by atoms with van der Waals surface area (Å²) in [6.45, 7) is 6.27. The molecule has 0 fully saturated rings. The highest BCUT2D eigenvalue weighted by Crippen LogP contribution is 2.15. The Kier molecular flexibility index (Phi) is 3.03. The number of nitriles is 1. The van der Waals surface area contributed by atoms with Crippen molar-refractivity contribution in [1.82, 2.24) is 9.97 Å². The van der Waals surface area contributed by atoms with E-state index < -0.39 is 0 Å². The fraction of sp³-hybridized carbons (Fsp3) is 0.500. The van der Waals surface area contributed by atoms with Crippen molar-refractivity contribution in [3.05, 3.63) is 18.1 Å². The molecule has 0 aliphatic rings. The van der Waals surface area contributed by atoms with Gasteiger partial charge in [-0.25, -0.2) is 9.97 Å². The lowest BCUT2D eigenvalue weighted by Crippen LogP contribution is -2.30. The highest BCUT2D eigenvalue weighted by Gasteiger charge is 2.14. The summed E-state index contributed by atoms with van der Waals surface area (Å²) in [7, 11) is 0. The Bertz CT molecular complexity index is 351. The van der Waals surface area contributed by atoms with E-state index in [4.69, 9.17) is 5.26 Å². The molecule has 4 nitrogen and oxygen atoms in total. The van der Waals surface area contributed by atoms with Gasteiger partial charge < -0.3 is 5.32 Å². The van der Waals surface area contributed by atoms with Gasteiger partial charge in [-0.1, -0.05) is 6.92 Å². The van der Waals surface area contributed by atoms with Crippen LogP contribution in [0.1, 0.15) is 32.9 Å². The molecule has 1 N–H and O–H groups in total. The molecule has 0 aromatic carbocycles. The van der Waals surface area contributed by atoms with Gasteiger partial charge in [0.2, 0.25) is 0 Å². The van der Waals surface area contributed by atoms with Gasteiger partial charge in [0, 0.05) is 11.6 Å². The molecule has 0 spiro atoms. The van der Waals surface area contributed by atoms with Crippen molar-refractivity contribution in [2.45, 2.75) is 32.7 Å². The molecule has 0 saturated heterocycles. The van der Waals surface area contributed by atoms with Crippen LogP contribution in [0, 0.1) is 11.3 Å². The summed E-state index contributed by atoms with van der Waals surface area (Å²) in [5.41, 5.74) is 0.371. The fourth-order valence-electron chi connectivity index (χ4n) is 0.922. The number of nitrogens with zero attached hydrogens (tertiary/aromatic N) is 3. The van der Waals surface area contributed by atoms with E-state index >= 15 is 0 Å². The monoisotopic (exact) mass is 190 g/mol. The zero-order valence-corrected chi connectivity index (χ0v) is 8.70. The summed E-state index contributed by atoms with van der Waals surface area (Å²) in [4.78, 5) is 7.85. The van der Waals surface area contributed by atoms with E-state index in [0.717, 1.165) is 6.42 Å². The van der Waals surface area contributed by atoms with Crippen LogP contribution in [0.4, 0.5) is 5.82 Å². The third-order valence-corrected chi connectivity index (χ3v) is 2.13. The summed E-state index contributed by atoms with van der Waals surface area (Å²) < 4.78 is 0. The molecular formula is C10H14N4. The van der Waals surface area contributed by atoms with Crippen molar-refractivity contribution in [3.8, 4) is 6.07 Å². The Morgan fingerprint density at radius 3 is 2.79 bits per heavy atom. The van der Waals surface area contributed by atoms with Crippen LogP contribution in [0.5, 0.6) is 0 Å². The minimum absolute atomic E-state index is 0.0128. The molecule has 1 aromatic heterocycles. The van der Waals surface area contributed by atoms with Crippen molar-refractivity contribution in [2.24, 2.45) is 0 Å². The van der Waals surface area contributed by atoms with E-state index in [1.54, 1.807) is 6.07 Å². The highest BCUT2D eigenvalue weighted by atomic mass is 15.1. The van der Waals surface area contributed by atoms with Gasteiger partial charge in [-0.15, -0.1) is 0 Å². The Hall–Kier alpha value is -1.63. The first-order chi connectivity index (χ1) is 6.57. The molecule has 14 heavy (non-hydrogen) atoms. The Morgan fingerprint density at radius 2 is 2.21 bits per heavy atom. The number of nitrogens with one attached hydrogen (secondary N) is 1. The standard InChI is InChI=1S/C10H14N4/c1-4-10(2,3)14-9-5-8(6-11)12-7-13-9/h5,7H,4H2,1-3H3,(H,12,13,14). The molecule has 74 valence electrons. The van der Waals surface area contributed by atoms with Crippen molar-refractivity contribution >= 4 is 5.82 Å². The normalized spacial score (nSPS) is 10.7. The number of hydrogen-bond acceptors (Lipinski definition) is 4. The molecule has 0 bridgehead atoms. The zero-order chi connectivity index (χ0) is 10.6. The minimum Gasteiger partial charge on any atom is -0.365 e. The second kappa shape index (κ2) is 4.05. The number of aromatic nitrogens is 2. The predicted octanol–water partition coefficient (Wildman–Crippen LogP) is 1.95. The van der Waals surface area contributed by atoms with E-state index in [-0.39, 0.29) is 5.54 Å². The molecular weight excluding hydrogens is 176 g/mol. The summed E-state index contributed by atoms with van der Waals surface area (Å²) in [6.07, 6.45) is 2.38. The molecule has 4 heteroatoms.